The van der Waals surface area contributed by atoms with Gasteiger partial charge in [0.15, 0.2) is 0 Å². The molecule has 4 nitrogen and oxygen atoms in total. The van der Waals surface area contributed by atoms with Crippen LogP contribution in [0.15, 0.2) is 0 Å². The van der Waals surface area contributed by atoms with Crippen LogP contribution in [0.5, 0.6) is 0 Å². The Balaban J connectivity index is 2.82. The average molecular weight is 276 g/mol. The maximum absolute atomic E-state index is 12.5. The van der Waals surface area contributed by atoms with E-state index in [0.29, 0.717) is 6.54 Å². The molecular formula is C13H28N2O2S. The molecule has 1 rings (SSSR count). The Morgan fingerprint density at radius 2 is 1.78 bits per heavy atom. The van der Waals surface area contributed by atoms with Crippen molar-refractivity contribution in [3.05, 3.63) is 0 Å². The monoisotopic (exact) mass is 276 g/mol. The number of piperidine rings is 1. The first-order chi connectivity index (χ1) is 8.26. The molecule has 0 amide bonds. The fourth-order valence-corrected chi connectivity index (χ4v) is 4.88. The first-order valence-corrected chi connectivity index (χ1v) is 8.57. The van der Waals surface area contributed by atoms with Gasteiger partial charge in [-0.1, -0.05) is 27.7 Å². The lowest BCUT2D eigenvalue weighted by atomic mass is 10.0. The number of sulfonamides is 1. The zero-order valence-electron chi connectivity index (χ0n) is 12.2. The summed E-state index contributed by atoms with van der Waals surface area (Å²) in [5.74, 6) is 0.240. The second kappa shape index (κ2) is 6.35. The SMILES string of the molecule is CCCN(C1CCNCC1)S(=O)(=O)CC(C)(C)C. The summed E-state index contributed by atoms with van der Waals surface area (Å²) in [5.41, 5.74) is -0.183. The van der Waals surface area contributed by atoms with Crippen LogP contribution in [0.3, 0.4) is 0 Å². The topological polar surface area (TPSA) is 49.4 Å². The molecule has 0 aliphatic carbocycles. The highest BCUT2D eigenvalue weighted by Gasteiger charge is 2.33. The highest BCUT2D eigenvalue weighted by atomic mass is 32.2. The van der Waals surface area contributed by atoms with Crippen LogP contribution in [-0.4, -0.2) is 44.2 Å². The van der Waals surface area contributed by atoms with Gasteiger partial charge < -0.3 is 5.32 Å². The summed E-state index contributed by atoms with van der Waals surface area (Å²) in [5, 5.41) is 3.29. The second-order valence-electron chi connectivity index (χ2n) is 6.41. The Morgan fingerprint density at radius 3 is 2.22 bits per heavy atom. The van der Waals surface area contributed by atoms with E-state index in [2.05, 4.69) is 5.32 Å². The molecule has 0 aromatic heterocycles. The van der Waals surface area contributed by atoms with Gasteiger partial charge in [-0.05, 0) is 37.8 Å². The maximum Gasteiger partial charge on any atom is 0.214 e. The van der Waals surface area contributed by atoms with Gasteiger partial charge in [-0.3, -0.25) is 0 Å². The second-order valence-corrected chi connectivity index (χ2v) is 8.33. The predicted molar refractivity (Wildman–Crippen MR) is 76.1 cm³/mol. The largest absolute Gasteiger partial charge is 0.317 e. The summed E-state index contributed by atoms with van der Waals surface area (Å²) in [4.78, 5) is 0. The van der Waals surface area contributed by atoms with Gasteiger partial charge in [0, 0.05) is 12.6 Å². The Kier molecular flexibility index (Phi) is 5.62. The van der Waals surface area contributed by atoms with Gasteiger partial charge in [0.2, 0.25) is 10.0 Å². The number of hydrogen-bond donors (Lipinski definition) is 1. The van der Waals surface area contributed by atoms with Gasteiger partial charge in [-0.25, -0.2) is 8.42 Å². The summed E-state index contributed by atoms with van der Waals surface area (Å²) in [6.07, 6.45) is 2.75. The lowest BCUT2D eigenvalue weighted by Gasteiger charge is -2.35. The van der Waals surface area contributed by atoms with E-state index in [0.717, 1.165) is 32.4 Å². The third-order valence-electron chi connectivity index (χ3n) is 3.13. The van der Waals surface area contributed by atoms with Gasteiger partial charge in [0.25, 0.3) is 0 Å². The molecular weight excluding hydrogens is 248 g/mol. The Labute approximate surface area is 112 Å². The van der Waals surface area contributed by atoms with Gasteiger partial charge in [-0.2, -0.15) is 4.31 Å². The zero-order valence-corrected chi connectivity index (χ0v) is 13.0. The summed E-state index contributed by atoms with van der Waals surface area (Å²) < 4.78 is 26.8. The molecule has 1 saturated heterocycles. The minimum atomic E-state index is -3.14. The molecule has 0 aromatic rings. The van der Waals surface area contributed by atoms with Crippen LogP contribution in [-0.2, 0) is 10.0 Å². The van der Waals surface area contributed by atoms with E-state index in [1.54, 1.807) is 4.31 Å². The Bertz CT molecular complexity index is 340. The van der Waals surface area contributed by atoms with Crippen molar-refractivity contribution < 1.29 is 8.42 Å². The predicted octanol–water partition coefficient (Wildman–Crippen LogP) is 1.83. The van der Waals surface area contributed by atoms with Crippen LogP contribution in [0.4, 0.5) is 0 Å². The Morgan fingerprint density at radius 1 is 1.22 bits per heavy atom. The standard InChI is InChI=1S/C13H28N2O2S/c1-5-10-15(12-6-8-14-9-7-12)18(16,17)11-13(2,3)4/h12,14H,5-11H2,1-4H3. The van der Waals surface area contributed by atoms with Gasteiger partial charge in [0.1, 0.15) is 0 Å². The highest BCUT2D eigenvalue weighted by Crippen LogP contribution is 2.23. The smallest absolute Gasteiger partial charge is 0.214 e. The molecule has 0 bridgehead atoms. The van der Waals surface area contributed by atoms with Crippen molar-refractivity contribution in [2.24, 2.45) is 5.41 Å². The third kappa shape index (κ3) is 4.86. The van der Waals surface area contributed by atoms with Crippen molar-refractivity contribution in [3.8, 4) is 0 Å². The molecule has 0 spiro atoms. The van der Waals surface area contributed by atoms with E-state index < -0.39 is 10.0 Å². The van der Waals surface area contributed by atoms with E-state index in [4.69, 9.17) is 0 Å². The van der Waals surface area contributed by atoms with E-state index in [1.807, 2.05) is 27.7 Å². The maximum atomic E-state index is 12.5. The molecule has 0 radical (unpaired) electrons. The summed E-state index contributed by atoms with van der Waals surface area (Å²) in [6.45, 7) is 10.5. The summed E-state index contributed by atoms with van der Waals surface area (Å²) in [7, 11) is -3.14. The van der Waals surface area contributed by atoms with Crippen LogP contribution in [0.25, 0.3) is 0 Å². The van der Waals surface area contributed by atoms with E-state index in [-0.39, 0.29) is 17.2 Å². The van der Waals surface area contributed by atoms with Crippen LogP contribution < -0.4 is 5.32 Å². The molecule has 18 heavy (non-hydrogen) atoms. The molecule has 1 heterocycles. The van der Waals surface area contributed by atoms with Crippen LogP contribution >= 0.6 is 0 Å². The molecule has 108 valence electrons. The first-order valence-electron chi connectivity index (χ1n) is 6.96. The molecule has 5 heteroatoms. The lowest BCUT2D eigenvalue weighted by Crippen LogP contribution is -2.48. The molecule has 0 atom stereocenters. The molecule has 0 aromatic carbocycles. The van der Waals surface area contributed by atoms with E-state index in [1.165, 1.54) is 0 Å². The number of hydrogen-bond acceptors (Lipinski definition) is 3. The van der Waals surface area contributed by atoms with Gasteiger partial charge in [0.05, 0.1) is 5.75 Å². The average Bonchev–Trinajstić information content (AvgIpc) is 2.23. The fourth-order valence-electron chi connectivity index (χ4n) is 2.49. The van der Waals surface area contributed by atoms with Gasteiger partial charge in [-0.15, -0.1) is 0 Å². The number of nitrogens with zero attached hydrogens (tertiary/aromatic N) is 1. The fraction of sp³-hybridized carbons (Fsp3) is 1.00. The van der Waals surface area contributed by atoms with Crippen LogP contribution in [0, 0.1) is 5.41 Å². The van der Waals surface area contributed by atoms with E-state index >= 15 is 0 Å². The Hall–Kier alpha value is -0.130. The van der Waals surface area contributed by atoms with Crippen molar-refractivity contribution >= 4 is 10.0 Å². The van der Waals surface area contributed by atoms with E-state index in [9.17, 15) is 8.42 Å². The van der Waals surface area contributed by atoms with Crippen molar-refractivity contribution in [2.45, 2.75) is 53.0 Å². The van der Waals surface area contributed by atoms with Crippen molar-refractivity contribution in [1.82, 2.24) is 9.62 Å². The van der Waals surface area contributed by atoms with Crippen LogP contribution in [0.2, 0.25) is 0 Å². The molecule has 0 unspecified atom stereocenters. The third-order valence-corrected chi connectivity index (χ3v) is 5.56. The molecule has 1 aliphatic heterocycles. The molecule has 1 aliphatic rings. The van der Waals surface area contributed by atoms with Crippen molar-refractivity contribution in [2.75, 3.05) is 25.4 Å². The molecule has 1 N–H and O–H groups in total. The number of rotatable bonds is 5. The highest BCUT2D eigenvalue weighted by molar-refractivity contribution is 7.89. The minimum Gasteiger partial charge on any atom is -0.317 e. The zero-order chi connectivity index (χ0) is 13.8. The number of nitrogens with one attached hydrogen (secondary N) is 1. The van der Waals surface area contributed by atoms with Crippen molar-refractivity contribution in [3.63, 3.8) is 0 Å². The van der Waals surface area contributed by atoms with Gasteiger partial charge >= 0.3 is 0 Å². The lowest BCUT2D eigenvalue weighted by molar-refractivity contribution is 0.259. The quantitative estimate of drug-likeness (QED) is 0.833. The molecule has 0 saturated carbocycles. The first kappa shape index (κ1) is 15.9. The summed E-state index contributed by atoms with van der Waals surface area (Å²) >= 11 is 0. The van der Waals surface area contributed by atoms with Crippen molar-refractivity contribution in [1.29, 1.82) is 0 Å². The van der Waals surface area contributed by atoms with Crippen LogP contribution in [0.1, 0.15) is 47.0 Å². The molecule has 1 fully saturated rings. The normalized spacial score (nSPS) is 19.4. The minimum absolute atomic E-state index is 0.183. The summed E-state index contributed by atoms with van der Waals surface area (Å²) in [6, 6.07) is 0.193.